The van der Waals surface area contributed by atoms with Gasteiger partial charge in [0.05, 0.1) is 12.1 Å². The molecule has 21 heavy (non-hydrogen) atoms. The van der Waals surface area contributed by atoms with Gasteiger partial charge in [-0.25, -0.2) is 9.37 Å². The molecule has 108 valence electrons. The lowest BCUT2D eigenvalue weighted by Crippen LogP contribution is -2.16. The molecular weight excluding hydrogens is 269 g/mol. The summed E-state index contributed by atoms with van der Waals surface area (Å²) in [6.07, 6.45) is 1.71. The maximum absolute atomic E-state index is 13.0. The van der Waals surface area contributed by atoms with Gasteiger partial charge in [-0.3, -0.25) is 0 Å². The zero-order valence-corrected chi connectivity index (χ0v) is 11.5. The van der Waals surface area contributed by atoms with Crippen LogP contribution in [-0.2, 0) is 6.54 Å². The summed E-state index contributed by atoms with van der Waals surface area (Å²) >= 11 is 0. The first-order valence-electron chi connectivity index (χ1n) is 6.77. The van der Waals surface area contributed by atoms with Crippen LogP contribution in [0.1, 0.15) is 5.56 Å². The van der Waals surface area contributed by atoms with Gasteiger partial charge in [0.2, 0.25) is 5.95 Å². The monoisotopic (exact) mass is 285 g/mol. The summed E-state index contributed by atoms with van der Waals surface area (Å²) in [5.74, 6) is 0.482. The van der Waals surface area contributed by atoms with E-state index in [1.807, 2.05) is 16.7 Å². The molecule has 3 rings (SSSR count). The highest BCUT2D eigenvalue weighted by molar-refractivity contribution is 5.74. The van der Waals surface area contributed by atoms with Crippen LogP contribution in [0.4, 0.5) is 10.3 Å². The zero-order chi connectivity index (χ0) is 14.7. The van der Waals surface area contributed by atoms with Crippen molar-refractivity contribution >= 4 is 17.1 Å². The molecule has 0 radical (unpaired) electrons. The van der Waals surface area contributed by atoms with Crippen molar-refractivity contribution in [2.24, 2.45) is 5.73 Å². The van der Waals surface area contributed by atoms with Crippen molar-refractivity contribution < 1.29 is 4.39 Å². The van der Waals surface area contributed by atoms with E-state index < -0.39 is 0 Å². The van der Waals surface area contributed by atoms with Crippen molar-refractivity contribution in [3.8, 4) is 0 Å². The van der Waals surface area contributed by atoms with Crippen LogP contribution in [0.5, 0.6) is 0 Å². The van der Waals surface area contributed by atoms with Gasteiger partial charge in [0, 0.05) is 19.3 Å². The quantitative estimate of drug-likeness (QED) is 0.752. The lowest BCUT2D eigenvalue weighted by molar-refractivity contribution is 0.626. The van der Waals surface area contributed by atoms with Crippen LogP contribution < -0.4 is 11.1 Å². The van der Waals surface area contributed by atoms with Crippen molar-refractivity contribution in [2.45, 2.75) is 6.54 Å². The molecule has 2 heterocycles. The Morgan fingerprint density at radius 1 is 1.19 bits per heavy atom. The summed E-state index contributed by atoms with van der Waals surface area (Å²) in [5.41, 5.74) is 8.14. The number of imidazole rings is 1. The third-order valence-electron chi connectivity index (χ3n) is 3.21. The molecular formula is C15H16FN5. The standard InChI is InChI=1S/C15H16FN5/c16-12-5-3-11(4-6-12)10-21-13-2-1-8-18-14(13)20-15(21)19-9-7-17/h1-6,8H,7,9-10,17H2,(H,18,19,20). The zero-order valence-electron chi connectivity index (χ0n) is 11.5. The van der Waals surface area contributed by atoms with E-state index in [0.717, 1.165) is 17.0 Å². The molecule has 0 fully saturated rings. The van der Waals surface area contributed by atoms with Crippen LogP contribution in [0.3, 0.4) is 0 Å². The van der Waals surface area contributed by atoms with Gasteiger partial charge in [0.15, 0.2) is 5.65 Å². The van der Waals surface area contributed by atoms with Crippen molar-refractivity contribution in [2.75, 3.05) is 18.4 Å². The van der Waals surface area contributed by atoms with E-state index in [1.165, 1.54) is 12.1 Å². The predicted octanol–water partition coefficient (Wildman–Crippen LogP) is 1.99. The molecule has 6 heteroatoms. The van der Waals surface area contributed by atoms with Gasteiger partial charge in [-0.2, -0.15) is 4.98 Å². The molecule has 0 aliphatic heterocycles. The second-order valence-corrected chi connectivity index (χ2v) is 4.71. The van der Waals surface area contributed by atoms with Crippen LogP contribution in [-0.4, -0.2) is 27.6 Å². The molecule has 0 bridgehead atoms. The van der Waals surface area contributed by atoms with E-state index in [9.17, 15) is 4.39 Å². The highest BCUT2D eigenvalue weighted by atomic mass is 19.1. The van der Waals surface area contributed by atoms with Crippen LogP contribution in [0.2, 0.25) is 0 Å². The number of nitrogens with two attached hydrogens (primary N) is 1. The fourth-order valence-electron chi connectivity index (χ4n) is 2.21. The molecule has 2 aromatic heterocycles. The molecule has 0 saturated carbocycles. The van der Waals surface area contributed by atoms with Gasteiger partial charge in [-0.05, 0) is 29.8 Å². The third kappa shape index (κ3) is 2.85. The minimum Gasteiger partial charge on any atom is -0.354 e. The Hall–Kier alpha value is -2.47. The van der Waals surface area contributed by atoms with E-state index in [0.29, 0.717) is 25.3 Å². The van der Waals surface area contributed by atoms with E-state index in [4.69, 9.17) is 5.73 Å². The Labute approximate surface area is 121 Å². The number of halogens is 1. The van der Waals surface area contributed by atoms with Crippen LogP contribution in [0, 0.1) is 5.82 Å². The molecule has 0 atom stereocenters. The summed E-state index contributed by atoms with van der Waals surface area (Å²) in [6.45, 7) is 1.75. The number of anilines is 1. The van der Waals surface area contributed by atoms with Crippen molar-refractivity contribution in [3.63, 3.8) is 0 Å². The Morgan fingerprint density at radius 2 is 2.00 bits per heavy atom. The number of aromatic nitrogens is 3. The number of fused-ring (bicyclic) bond motifs is 1. The van der Waals surface area contributed by atoms with E-state index >= 15 is 0 Å². The topological polar surface area (TPSA) is 68.8 Å². The van der Waals surface area contributed by atoms with Crippen molar-refractivity contribution in [1.82, 2.24) is 14.5 Å². The molecule has 5 nitrogen and oxygen atoms in total. The van der Waals surface area contributed by atoms with E-state index in [2.05, 4.69) is 15.3 Å². The van der Waals surface area contributed by atoms with Gasteiger partial charge in [0.1, 0.15) is 5.82 Å². The number of hydrogen-bond donors (Lipinski definition) is 2. The summed E-state index contributed by atoms with van der Waals surface area (Å²) in [5, 5.41) is 3.20. The van der Waals surface area contributed by atoms with Gasteiger partial charge in [0.25, 0.3) is 0 Å². The number of nitrogens with one attached hydrogen (secondary N) is 1. The fourth-order valence-corrected chi connectivity index (χ4v) is 2.21. The third-order valence-corrected chi connectivity index (χ3v) is 3.21. The lowest BCUT2D eigenvalue weighted by atomic mass is 10.2. The SMILES string of the molecule is NCCNc1nc2ncccc2n1Cc1ccc(F)cc1. The minimum absolute atomic E-state index is 0.239. The van der Waals surface area contributed by atoms with Gasteiger partial charge < -0.3 is 15.6 Å². The first-order chi connectivity index (χ1) is 10.3. The fraction of sp³-hybridized carbons (Fsp3) is 0.200. The van der Waals surface area contributed by atoms with E-state index in [1.54, 1.807) is 18.3 Å². The number of nitrogens with zero attached hydrogens (tertiary/aromatic N) is 3. The maximum atomic E-state index is 13.0. The second-order valence-electron chi connectivity index (χ2n) is 4.71. The molecule has 0 amide bonds. The lowest BCUT2D eigenvalue weighted by Gasteiger charge is -2.10. The number of pyridine rings is 1. The first kappa shape index (κ1) is 13.5. The largest absolute Gasteiger partial charge is 0.354 e. The van der Waals surface area contributed by atoms with Crippen molar-refractivity contribution in [1.29, 1.82) is 0 Å². The molecule has 3 aromatic rings. The summed E-state index contributed by atoms with van der Waals surface area (Å²) in [6, 6.07) is 10.3. The Kier molecular flexibility index (Phi) is 3.79. The highest BCUT2D eigenvalue weighted by Gasteiger charge is 2.11. The second kappa shape index (κ2) is 5.88. The molecule has 0 unspecified atom stereocenters. The van der Waals surface area contributed by atoms with Gasteiger partial charge in [-0.1, -0.05) is 12.1 Å². The summed E-state index contributed by atoms with van der Waals surface area (Å²) < 4.78 is 15.0. The molecule has 1 aromatic carbocycles. The van der Waals surface area contributed by atoms with Gasteiger partial charge >= 0.3 is 0 Å². The summed E-state index contributed by atoms with van der Waals surface area (Å²) in [4.78, 5) is 8.74. The normalized spacial score (nSPS) is 11.0. The number of benzene rings is 1. The molecule has 0 aliphatic rings. The number of hydrogen-bond acceptors (Lipinski definition) is 4. The minimum atomic E-state index is -0.239. The molecule has 0 aliphatic carbocycles. The smallest absolute Gasteiger partial charge is 0.205 e. The maximum Gasteiger partial charge on any atom is 0.205 e. The number of rotatable bonds is 5. The first-order valence-corrected chi connectivity index (χ1v) is 6.77. The van der Waals surface area contributed by atoms with E-state index in [-0.39, 0.29) is 5.82 Å². The van der Waals surface area contributed by atoms with Crippen LogP contribution in [0.25, 0.3) is 11.2 Å². The Morgan fingerprint density at radius 3 is 2.76 bits per heavy atom. The van der Waals surface area contributed by atoms with Crippen molar-refractivity contribution in [3.05, 3.63) is 54.0 Å². The highest BCUT2D eigenvalue weighted by Crippen LogP contribution is 2.19. The van der Waals surface area contributed by atoms with Crippen LogP contribution in [0.15, 0.2) is 42.6 Å². The average Bonchev–Trinajstić information content (AvgIpc) is 2.85. The van der Waals surface area contributed by atoms with Crippen LogP contribution >= 0.6 is 0 Å². The Balaban J connectivity index is 1.99. The molecule has 3 N–H and O–H groups in total. The Bertz CT molecular complexity index is 735. The average molecular weight is 285 g/mol. The van der Waals surface area contributed by atoms with Gasteiger partial charge in [-0.15, -0.1) is 0 Å². The summed E-state index contributed by atoms with van der Waals surface area (Å²) in [7, 11) is 0. The predicted molar refractivity (Wildman–Crippen MR) is 80.6 cm³/mol. The molecule has 0 spiro atoms. The molecule has 0 saturated heterocycles.